The van der Waals surface area contributed by atoms with E-state index in [-0.39, 0.29) is 18.9 Å². The Morgan fingerprint density at radius 2 is 1.83 bits per heavy atom. The van der Waals surface area contributed by atoms with Crippen LogP contribution in [0.2, 0.25) is 0 Å². The van der Waals surface area contributed by atoms with Crippen LogP contribution in [0.1, 0.15) is 26.5 Å². The minimum Gasteiger partial charge on any atom is -0.486 e. The van der Waals surface area contributed by atoms with Gasteiger partial charge >= 0.3 is 0 Å². The number of carbonyl (C=O) groups is 2. The monoisotopic (exact) mass is 408 g/mol. The zero-order valence-corrected chi connectivity index (χ0v) is 16.2. The van der Waals surface area contributed by atoms with Gasteiger partial charge in [0.25, 0.3) is 11.8 Å². The van der Waals surface area contributed by atoms with Gasteiger partial charge in [0.15, 0.2) is 5.75 Å². The van der Waals surface area contributed by atoms with Crippen molar-refractivity contribution in [3.8, 4) is 17.6 Å². The first-order valence-corrected chi connectivity index (χ1v) is 9.09. The van der Waals surface area contributed by atoms with Gasteiger partial charge in [0, 0.05) is 18.2 Å². The van der Waals surface area contributed by atoms with E-state index in [1.807, 2.05) is 18.2 Å². The Morgan fingerprint density at radius 1 is 1.07 bits per heavy atom. The van der Waals surface area contributed by atoms with Gasteiger partial charge in [0.1, 0.15) is 12.2 Å². The number of hydrogen-bond acceptors (Lipinski definition) is 6. The first kappa shape index (κ1) is 20.9. The number of para-hydroxylation sites is 1. The highest BCUT2D eigenvalue weighted by atomic mass is 16.5. The van der Waals surface area contributed by atoms with Gasteiger partial charge < -0.3 is 19.2 Å². The van der Waals surface area contributed by atoms with Gasteiger partial charge in [-0.05, 0) is 36.4 Å². The third-order valence-corrected chi connectivity index (χ3v) is 4.11. The Balaban J connectivity index is 1.67. The number of hydrogen-bond donors (Lipinski definition) is 3. The van der Waals surface area contributed by atoms with Crippen molar-refractivity contribution in [2.24, 2.45) is 0 Å². The van der Waals surface area contributed by atoms with Gasteiger partial charge in [-0.25, -0.2) is 5.48 Å². The van der Waals surface area contributed by atoms with E-state index in [1.54, 1.807) is 30.8 Å². The highest BCUT2D eigenvalue weighted by Gasteiger charge is 2.21. The zero-order valence-electron chi connectivity index (χ0n) is 16.2. The maximum atomic E-state index is 12.6. The van der Waals surface area contributed by atoms with Crippen LogP contribution < -0.4 is 15.5 Å². The number of fused-ring (bicyclic) bond motifs is 1. The summed E-state index contributed by atoms with van der Waals surface area (Å²) in [6.07, 6.45) is 0. The third-order valence-electron chi connectivity index (χ3n) is 4.11. The van der Waals surface area contributed by atoms with Crippen LogP contribution in [-0.4, -0.2) is 43.9 Å². The SMILES string of the molecule is COCCOc1c(C(=O)NCC#Cc2ccc(C(=O)NO)cc2)oc2ccccc12. The quantitative estimate of drug-likeness (QED) is 0.240. The van der Waals surface area contributed by atoms with Gasteiger partial charge in [-0.1, -0.05) is 24.0 Å². The number of rotatable bonds is 7. The molecular formula is C22H20N2O6. The first-order chi connectivity index (χ1) is 14.6. The summed E-state index contributed by atoms with van der Waals surface area (Å²) in [5.41, 5.74) is 3.08. The van der Waals surface area contributed by atoms with E-state index in [0.29, 0.717) is 34.5 Å². The van der Waals surface area contributed by atoms with Crippen LogP contribution >= 0.6 is 0 Å². The molecule has 0 saturated carbocycles. The summed E-state index contributed by atoms with van der Waals surface area (Å²) in [5, 5.41) is 12.0. The number of furan rings is 1. The fraction of sp³-hybridized carbons (Fsp3) is 0.182. The van der Waals surface area contributed by atoms with Crippen LogP contribution in [0.15, 0.2) is 52.9 Å². The number of carbonyl (C=O) groups excluding carboxylic acids is 2. The first-order valence-electron chi connectivity index (χ1n) is 9.09. The lowest BCUT2D eigenvalue weighted by Crippen LogP contribution is -2.24. The molecule has 2 amide bonds. The van der Waals surface area contributed by atoms with Crippen molar-refractivity contribution >= 4 is 22.8 Å². The van der Waals surface area contributed by atoms with Crippen LogP contribution in [0.4, 0.5) is 0 Å². The topological polar surface area (TPSA) is 110 Å². The van der Waals surface area contributed by atoms with Crippen LogP contribution in [-0.2, 0) is 4.74 Å². The van der Waals surface area contributed by atoms with Crippen molar-refractivity contribution in [2.75, 3.05) is 26.9 Å². The number of benzene rings is 2. The van der Waals surface area contributed by atoms with Crippen molar-refractivity contribution in [1.82, 2.24) is 10.8 Å². The van der Waals surface area contributed by atoms with Crippen molar-refractivity contribution in [2.45, 2.75) is 0 Å². The Labute approximate surface area is 172 Å². The second-order valence-electron chi connectivity index (χ2n) is 6.10. The molecule has 8 heteroatoms. The van der Waals surface area contributed by atoms with Crippen molar-refractivity contribution in [3.05, 3.63) is 65.4 Å². The van der Waals surface area contributed by atoms with E-state index in [1.165, 1.54) is 12.1 Å². The van der Waals surface area contributed by atoms with E-state index >= 15 is 0 Å². The molecule has 0 aliphatic carbocycles. The van der Waals surface area contributed by atoms with E-state index in [9.17, 15) is 9.59 Å². The molecule has 30 heavy (non-hydrogen) atoms. The fourth-order valence-corrected chi connectivity index (χ4v) is 2.66. The van der Waals surface area contributed by atoms with E-state index in [0.717, 1.165) is 0 Å². The summed E-state index contributed by atoms with van der Waals surface area (Å²) in [6, 6.07) is 13.6. The molecule has 0 saturated heterocycles. The maximum Gasteiger partial charge on any atom is 0.291 e. The number of nitrogens with one attached hydrogen (secondary N) is 2. The maximum absolute atomic E-state index is 12.6. The molecule has 0 spiro atoms. The van der Waals surface area contributed by atoms with E-state index < -0.39 is 11.8 Å². The van der Waals surface area contributed by atoms with Crippen LogP contribution in [0, 0.1) is 11.8 Å². The highest BCUT2D eigenvalue weighted by Crippen LogP contribution is 2.33. The predicted octanol–water partition coefficient (Wildman–Crippen LogP) is 2.36. The summed E-state index contributed by atoms with van der Waals surface area (Å²) >= 11 is 0. The van der Waals surface area contributed by atoms with Crippen molar-refractivity contribution < 1.29 is 28.7 Å². The summed E-state index contributed by atoms with van der Waals surface area (Å²) in [5.74, 6) is 5.12. The van der Waals surface area contributed by atoms with Gasteiger partial charge in [-0.2, -0.15) is 0 Å². The van der Waals surface area contributed by atoms with Crippen molar-refractivity contribution in [1.29, 1.82) is 0 Å². The lowest BCUT2D eigenvalue weighted by Gasteiger charge is -2.06. The van der Waals surface area contributed by atoms with Crippen molar-refractivity contribution in [3.63, 3.8) is 0 Å². The zero-order chi connectivity index (χ0) is 21.3. The Morgan fingerprint density at radius 3 is 2.57 bits per heavy atom. The molecule has 0 aliphatic rings. The summed E-state index contributed by atoms with van der Waals surface area (Å²) < 4.78 is 16.4. The summed E-state index contributed by atoms with van der Waals surface area (Å²) in [6.45, 7) is 0.751. The van der Waals surface area contributed by atoms with Gasteiger partial charge in [-0.3, -0.25) is 14.8 Å². The minimum absolute atomic E-state index is 0.0773. The second kappa shape index (κ2) is 10.1. The Bertz CT molecular complexity index is 1090. The molecule has 0 atom stereocenters. The van der Waals surface area contributed by atoms with Gasteiger partial charge in [0.05, 0.1) is 18.5 Å². The molecule has 0 radical (unpaired) electrons. The summed E-state index contributed by atoms with van der Waals surface area (Å²) in [7, 11) is 1.57. The highest BCUT2D eigenvalue weighted by molar-refractivity contribution is 6.01. The standard InChI is InChI=1S/C22H20N2O6/c1-28-13-14-29-19-17-6-2-3-7-18(17)30-20(19)22(26)23-12-4-5-15-8-10-16(11-9-15)21(25)24-27/h2-3,6-11,27H,12-14H2,1H3,(H,23,26)(H,24,25). The van der Waals surface area contributed by atoms with Crippen LogP contribution in [0.25, 0.3) is 11.0 Å². The van der Waals surface area contributed by atoms with E-state index in [4.69, 9.17) is 19.1 Å². The molecule has 0 bridgehead atoms. The molecule has 3 rings (SSSR count). The van der Waals surface area contributed by atoms with Crippen LogP contribution in [0.5, 0.6) is 5.75 Å². The minimum atomic E-state index is -0.601. The Hall–Kier alpha value is -3.80. The molecule has 1 heterocycles. The van der Waals surface area contributed by atoms with Crippen LogP contribution in [0.3, 0.4) is 0 Å². The number of methoxy groups -OCH3 is 1. The molecule has 154 valence electrons. The lowest BCUT2D eigenvalue weighted by atomic mass is 10.1. The third kappa shape index (κ3) is 4.97. The van der Waals surface area contributed by atoms with E-state index in [2.05, 4.69) is 17.2 Å². The fourth-order valence-electron chi connectivity index (χ4n) is 2.66. The average molecular weight is 408 g/mol. The second-order valence-corrected chi connectivity index (χ2v) is 6.10. The number of hydroxylamine groups is 1. The normalized spacial score (nSPS) is 10.2. The number of amides is 2. The number of ether oxygens (including phenoxy) is 2. The smallest absolute Gasteiger partial charge is 0.291 e. The molecule has 0 unspecified atom stereocenters. The predicted molar refractivity (Wildman–Crippen MR) is 108 cm³/mol. The molecule has 8 nitrogen and oxygen atoms in total. The van der Waals surface area contributed by atoms with Gasteiger partial charge in [0.2, 0.25) is 5.76 Å². The molecule has 2 aromatic carbocycles. The largest absolute Gasteiger partial charge is 0.486 e. The average Bonchev–Trinajstić information content (AvgIpc) is 3.15. The summed E-state index contributed by atoms with van der Waals surface area (Å²) in [4.78, 5) is 23.9. The molecule has 1 aromatic heterocycles. The lowest BCUT2D eigenvalue weighted by molar-refractivity contribution is 0.0706. The Kier molecular flexibility index (Phi) is 7.05. The molecular weight excluding hydrogens is 388 g/mol. The molecule has 3 N–H and O–H groups in total. The molecule has 0 fully saturated rings. The van der Waals surface area contributed by atoms with Gasteiger partial charge in [-0.15, -0.1) is 0 Å². The molecule has 3 aromatic rings. The molecule has 0 aliphatic heterocycles.